The molecule has 0 saturated carbocycles. The van der Waals surface area contributed by atoms with Gasteiger partial charge in [-0.3, -0.25) is 14.4 Å². The topological polar surface area (TPSA) is 78.9 Å². The van der Waals surface area contributed by atoms with Crippen LogP contribution in [0.5, 0.6) is 0 Å². The molecule has 6 nitrogen and oxygen atoms in total. The van der Waals surface area contributed by atoms with Gasteiger partial charge >= 0.3 is 17.9 Å². The Balaban J connectivity index is 4.28. The van der Waals surface area contributed by atoms with E-state index in [0.29, 0.717) is 19.3 Å². The maximum Gasteiger partial charge on any atom is 0.306 e. The Morgan fingerprint density at radius 1 is 0.320 bits per heavy atom. The van der Waals surface area contributed by atoms with Crippen LogP contribution in [0.4, 0.5) is 0 Å². The van der Waals surface area contributed by atoms with Gasteiger partial charge in [0.15, 0.2) is 6.10 Å². The SMILES string of the molecule is CCCCCCCCCCCCCCCC(=O)O[C@H](COC(=O)CCCCCCCCC)COC(=O)CCCCCCCCCCCCCC. The molecule has 0 saturated heterocycles. The highest BCUT2D eigenvalue weighted by molar-refractivity contribution is 5.71. The van der Waals surface area contributed by atoms with E-state index >= 15 is 0 Å². The molecule has 0 N–H and O–H groups in total. The summed E-state index contributed by atoms with van der Waals surface area (Å²) >= 11 is 0. The minimum atomic E-state index is -0.756. The van der Waals surface area contributed by atoms with Crippen LogP contribution in [-0.2, 0) is 28.6 Å². The first-order valence-electron chi connectivity index (χ1n) is 22.0. The third kappa shape index (κ3) is 37.7. The third-order valence-electron chi connectivity index (χ3n) is 9.86. The van der Waals surface area contributed by atoms with E-state index in [1.807, 2.05) is 0 Å². The molecule has 0 amide bonds. The van der Waals surface area contributed by atoms with Crippen molar-refractivity contribution in [3.63, 3.8) is 0 Å². The van der Waals surface area contributed by atoms with Gasteiger partial charge in [-0.15, -0.1) is 0 Å². The number of esters is 3. The fourth-order valence-corrected chi connectivity index (χ4v) is 6.50. The summed E-state index contributed by atoms with van der Waals surface area (Å²) in [6.07, 6.45) is 39.5. The molecule has 0 bridgehead atoms. The summed E-state index contributed by atoms with van der Waals surface area (Å²) < 4.78 is 16.6. The Labute approximate surface area is 310 Å². The number of hydrogen-bond acceptors (Lipinski definition) is 6. The third-order valence-corrected chi connectivity index (χ3v) is 9.86. The molecule has 6 heteroatoms. The molecular weight excluding hydrogens is 624 g/mol. The van der Waals surface area contributed by atoms with Gasteiger partial charge in [-0.25, -0.2) is 0 Å². The number of rotatable bonds is 40. The summed E-state index contributed by atoms with van der Waals surface area (Å²) in [4.78, 5) is 37.5. The van der Waals surface area contributed by atoms with Crippen LogP contribution < -0.4 is 0 Å². The molecule has 0 spiro atoms. The van der Waals surface area contributed by atoms with Crippen molar-refractivity contribution >= 4 is 17.9 Å². The summed E-state index contributed by atoms with van der Waals surface area (Å²) in [6, 6.07) is 0. The Morgan fingerprint density at radius 3 is 0.800 bits per heavy atom. The molecule has 0 rings (SSSR count). The minimum Gasteiger partial charge on any atom is -0.462 e. The fourth-order valence-electron chi connectivity index (χ4n) is 6.50. The molecule has 0 aliphatic rings. The standard InChI is InChI=1S/C44H84O6/c1-4-7-10-13-16-18-20-22-24-26-29-32-35-38-44(47)50-41(39-48-42(45)36-33-30-27-15-12-9-6-3)40-49-43(46)37-34-31-28-25-23-21-19-17-14-11-8-5-2/h41H,4-40H2,1-3H3/t41-/m1/s1. The molecule has 1 atom stereocenters. The molecule has 0 aliphatic carbocycles. The average Bonchev–Trinajstić information content (AvgIpc) is 3.11. The molecule has 0 unspecified atom stereocenters. The largest absolute Gasteiger partial charge is 0.462 e. The predicted molar refractivity (Wildman–Crippen MR) is 210 cm³/mol. The summed E-state index contributed by atoms with van der Waals surface area (Å²) in [5.41, 5.74) is 0. The molecule has 0 heterocycles. The van der Waals surface area contributed by atoms with Gasteiger partial charge < -0.3 is 14.2 Å². The summed E-state index contributed by atoms with van der Waals surface area (Å²) in [5, 5.41) is 0. The van der Waals surface area contributed by atoms with Crippen molar-refractivity contribution in [2.75, 3.05) is 13.2 Å². The highest BCUT2D eigenvalue weighted by atomic mass is 16.6. The van der Waals surface area contributed by atoms with Crippen LogP contribution in [0, 0.1) is 0 Å². The van der Waals surface area contributed by atoms with Crippen molar-refractivity contribution < 1.29 is 28.6 Å². The second-order valence-corrected chi connectivity index (χ2v) is 15.0. The van der Waals surface area contributed by atoms with Gasteiger partial charge in [0, 0.05) is 19.3 Å². The first-order chi connectivity index (χ1) is 24.5. The second-order valence-electron chi connectivity index (χ2n) is 15.0. The smallest absolute Gasteiger partial charge is 0.306 e. The Hall–Kier alpha value is -1.59. The van der Waals surface area contributed by atoms with Gasteiger partial charge in [0.25, 0.3) is 0 Å². The van der Waals surface area contributed by atoms with Crippen LogP contribution in [-0.4, -0.2) is 37.2 Å². The van der Waals surface area contributed by atoms with Crippen molar-refractivity contribution in [1.82, 2.24) is 0 Å². The van der Waals surface area contributed by atoms with Gasteiger partial charge in [0.05, 0.1) is 0 Å². The zero-order valence-electron chi connectivity index (χ0n) is 33.7. The van der Waals surface area contributed by atoms with E-state index in [1.165, 1.54) is 148 Å². The Bertz CT molecular complexity index is 738. The average molecular weight is 709 g/mol. The normalized spacial score (nSPS) is 11.8. The van der Waals surface area contributed by atoms with E-state index in [0.717, 1.165) is 57.8 Å². The van der Waals surface area contributed by atoms with Crippen molar-refractivity contribution in [1.29, 1.82) is 0 Å². The molecule has 0 aromatic heterocycles. The number of ether oxygens (including phenoxy) is 3. The van der Waals surface area contributed by atoms with Gasteiger partial charge in [-0.05, 0) is 19.3 Å². The van der Waals surface area contributed by atoms with Crippen LogP contribution >= 0.6 is 0 Å². The molecule has 0 radical (unpaired) electrons. The number of carbonyl (C=O) groups is 3. The van der Waals surface area contributed by atoms with Gasteiger partial charge in [0.2, 0.25) is 0 Å². The molecular formula is C44H84O6. The summed E-state index contributed by atoms with van der Waals surface area (Å²) in [7, 11) is 0. The van der Waals surface area contributed by atoms with E-state index in [-0.39, 0.29) is 31.1 Å². The lowest BCUT2D eigenvalue weighted by Crippen LogP contribution is -2.30. The van der Waals surface area contributed by atoms with Crippen molar-refractivity contribution in [2.45, 2.75) is 252 Å². The molecule has 0 aromatic rings. The number of carbonyl (C=O) groups excluding carboxylic acids is 3. The van der Waals surface area contributed by atoms with Gasteiger partial charge in [0.1, 0.15) is 13.2 Å². The summed E-state index contributed by atoms with van der Waals surface area (Å²) in [5.74, 6) is -0.860. The Morgan fingerprint density at radius 2 is 0.540 bits per heavy atom. The zero-order valence-corrected chi connectivity index (χ0v) is 33.7. The molecule has 0 fully saturated rings. The van der Waals surface area contributed by atoms with Crippen molar-refractivity contribution in [2.24, 2.45) is 0 Å². The lowest BCUT2D eigenvalue weighted by Gasteiger charge is -2.18. The minimum absolute atomic E-state index is 0.0634. The van der Waals surface area contributed by atoms with E-state index in [4.69, 9.17) is 14.2 Å². The molecule has 50 heavy (non-hydrogen) atoms. The first-order valence-corrected chi connectivity index (χ1v) is 22.0. The Kier molecular flexibility index (Phi) is 38.9. The fraction of sp³-hybridized carbons (Fsp3) is 0.932. The molecule has 296 valence electrons. The van der Waals surface area contributed by atoms with E-state index < -0.39 is 6.10 Å². The molecule has 0 aromatic carbocycles. The monoisotopic (exact) mass is 709 g/mol. The van der Waals surface area contributed by atoms with E-state index in [9.17, 15) is 14.4 Å². The van der Waals surface area contributed by atoms with Gasteiger partial charge in [-0.2, -0.15) is 0 Å². The van der Waals surface area contributed by atoms with Crippen LogP contribution in [0.25, 0.3) is 0 Å². The lowest BCUT2D eigenvalue weighted by atomic mass is 10.0. The van der Waals surface area contributed by atoms with Crippen LogP contribution in [0.3, 0.4) is 0 Å². The quantitative estimate of drug-likeness (QED) is 0.0358. The zero-order chi connectivity index (χ0) is 36.6. The summed E-state index contributed by atoms with van der Waals surface area (Å²) in [6.45, 7) is 6.60. The predicted octanol–water partition coefficient (Wildman–Crippen LogP) is 13.7. The second kappa shape index (κ2) is 40.2. The maximum absolute atomic E-state index is 12.7. The van der Waals surface area contributed by atoms with Gasteiger partial charge in [-0.1, -0.05) is 207 Å². The molecule has 0 aliphatic heterocycles. The van der Waals surface area contributed by atoms with E-state index in [1.54, 1.807) is 0 Å². The maximum atomic E-state index is 12.7. The lowest BCUT2D eigenvalue weighted by molar-refractivity contribution is -0.167. The van der Waals surface area contributed by atoms with Crippen LogP contribution in [0.2, 0.25) is 0 Å². The van der Waals surface area contributed by atoms with E-state index in [2.05, 4.69) is 20.8 Å². The first kappa shape index (κ1) is 48.4. The highest BCUT2D eigenvalue weighted by Crippen LogP contribution is 2.15. The van der Waals surface area contributed by atoms with Crippen LogP contribution in [0.1, 0.15) is 245 Å². The number of unbranched alkanes of at least 4 members (excludes halogenated alkanes) is 29. The van der Waals surface area contributed by atoms with Crippen molar-refractivity contribution in [3.05, 3.63) is 0 Å². The van der Waals surface area contributed by atoms with Crippen molar-refractivity contribution in [3.8, 4) is 0 Å². The highest BCUT2D eigenvalue weighted by Gasteiger charge is 2.19. The number of hydrogen-bond donors (Lipinski definition) is 0. The van der Waals surface area contributed by atoms with Crippen LogP contribution in [0.15, 0.2) is 0 Å².